The fourth-order valence-electron chi connectivity index (χ4n) is 2.82. The zero-order chi connectivity index (χ0) is 17.9. The van der Waals surface area contributed by atoms with E-state index in [1.54, 1.807) is 30.2 Å². The van der Waals surface area contributed by atoms with Crippen molar-refractivity contribution in [2.24, 2.45) is 0 Å². The summed E-state index contributed by atoms with van der Waals surface area (Å²) in [5, 5.41) is 7.26. The van der Waals surface area contributed by atoms with E-state index in [-0.39, 0.29) is 5.91 Å². The zero-order valence-corrected chi connectivity index (χ0v) is 15.8. The monoisotopic (exact) mass is 367 g/mol. The van der Waals surface area contributed by atoms with E-state index in [9.17, 15) is 4.79 Å². The molecular weight excluding hydrogens is 346 g/mol. The normalized spacial score (nSPS) is 17.2. The Morgan fingerprint density at radius 3 is 2.62 bits per heavy atom. The SMILES string of the molecule is CCN(CC)C(=O)C1=C(C)NC(=S)N[C@@H]1c1cc(Cl)ccc1OC. The molecule has 24 heavy (non-hydrogen) atoms. The maximum atomic E-state index is 13.0. The molecule has 2 N–H and O–H groups in total. The van der Waals surface area contributed by atoms with Gasteiger partial charge in [-0.2, -0.15) is 0 Å². The van der Waals surface area contributed by atoms with Crippen molar-refractivity contribution in [3.05, 3.63) is 40.1 Å². The number of carbonyl (C=O) groups excluding carboxylic acids is 1. The predicted octanol–water partition coefficient (Wildman–Crippen LogP) is 3.01. The van der Waals surface area contributed by atoms with E-state index in [0.717, 1.165) is 11.3 Å². The van der Waals surface area contributed by atoms with Crippen molar-refractivity contribution in [1.82, 2.24) is 15.5 Å². The largest absolute Gasteiger partial charge is 0.496 e. The summed E-state index contributed by atoms with van der Waals surface area (Å²) in [5.41, 5.74) is 2.14. The Labute approximate surface area is 153 Å². The van der Waals surface area contributed by atoms with Crippen LogP contribution in [-0.4, -0.2) is 36.1 Å². The van der Waals surface area contributed by atoms with Gasteiger partial charge in [-0.3, -0.25) is 4.79 Å². The van der Waals surface area contributed by atoms with E-state index in [1.807, 2.05) is 20.8 Å². The first-order valence-corrected chi connectivity index (χ1v) is 8.62. The highest BCUT2D eigenvalue weighted by Crippen LogP contribution is 2.35. The van der Waals surface area contributed by atoms with Crippen molar-refractivity contribution in [2.75, 3.05) is 20.2 Å². The molecule has 0 radical (unpaired) electrons. The molecule has 1 amide bonds. The second-order valence-electron chi connectivity index (χ2n) is 5.43. The van der Waals surface area contributed by atoms with Crippen LogP contribution in [0.2, 0.25) is 5.02 Å². The third-order valence-corrected chi connectivity index (χ3v) is 4.51. The van der Waals surface area contributed by atoms with Crippen molar-refractivity contribution < 1.29 is 9.53 Å². The lowest BCUT2D eigenvalue weighted by Crippen LogP contribution is -2.47. The number of likely N-dealkylation sites (N-methyl/N-ethyl adjacent to an activating group) is 1. The number of amides is 1. The lowest BCUT2D eigenvalue weighted by molar-refractivity contribution is -0.127. The van der Waals surface area contributed by atoms with Crippen LogP contribution in [0, 0.1) is 0 Å². The molecule has 0 spiro atoms. The fourth-order valence-corrected chi connectivity index (χ4v) is 3.27. The van der Waals surface area contributed by atoms with E-state index < -0.39 is 6.04 Å². The van der Waals surface area contributed by atoms with Gasteiger partial charge in [0.15, 0.2) is 5.11 Å². The molecule has 1 aromatic carbocycles. The Bertz CT molecular complexity index is 686. The van der Waals surface area contributed by atoms with Crippen LogP contribution in [-0.2, 0) is 4.79 Å². The number of nitrogens with one attached hydrogen (secondary N) is 2. The van der Waals surface area contributed by atoms with E-state index >= 15 is 0 Å². The van der Waals surface area contributed by atoms with Crippen molar-refractivity contribution >= 4 is 34.8 Å². The summed E-state index contributed by atoms with van der Waals surface area (Å²) in [6, 6.07) is 4.93. The number of benzene rings is 1. The molecule has 0 unspecified atom stereocenters. The molecule has 1 aliphatic heterocycles. The van der Waals surface area contributed by atoms with E-state index in [4.69, 9.17) is 28.6 Å². The van der Waals surface area contributed by atoms with Crippen LogP contribution in [0.3, 0.4) is 0 Å². The van der Waals surface area contributed by atoms with Gasteiger partial charge in [0.05, 0.1) is 18.7 Å². The summed E-state index contributed by atoms with van der Waals surface area (Å²) in [5.74, 6) is 0.617. The van der Waals surface area contributed by atoms with Gasteiger partial charge in [0.1, 0.15) is 5.75 Å². The first kappa shape index (κ1) is 18.5. The van der Waals surface area contributed by atoms with E-state index in [1.165, 1.54) is 0 Å². The van der Waals surface area contributed by atoms with E-state index in [0.29, 0.717) is 34.5 Å². The van der Waals surface area contributed by atoms with Gasteiger partial charge in [0.25, 0.3) is 5.91 Å². The number of ether oxygens (including phenoxy) is 1. The van der Waals surface area contributed by atoms with Gasteiger partial charge in [0.2, 0.25) is 0 Å². The average molecular weight is 368 g/mol. The van der Waals surface area contributed by atoms with Gasteiger partial charge >= 0.3 is 0 Å². The lowest BCUT2D eigenvalue weighted by atomic mass is 9.93. The Hall–Kier alpha value is -1.79. The van der Waals surface area contributed by atoms with Gasteiger partial charge in [-0.15, -0.1) is 0 Å². The van der Waals surface area contributed by atoms with Gasteiger partial charge in [-0.05, 0) is 51.2 Å². The van der Waals surface area contributed by atoms with Crippen molar-refractivity contribution in [1.29, 1.82) is 0 Å². The molecule has 1 aromatic rings. The number of carbonyl (C=O) groups is 1. The Morgan fingerprint density at radius 1 is 1.38 bits per heavy atom. The molecule has 0 saturated heterocycles. The highest BCUT2D eigenvalue weighted by molar-refractivity contribution is 7.80. The third-order valence-electron chi connectivity index (χ3n) is 4.05. The number of hydrogen-bond acceptors (Lipinski definition) is 3. The van der Waals surface area contributed by atoms with Crippen LogP contribution in [0.15, 0.2) is 29.5 Å². The van der Waals surface area contributed by atoms with Crippen LogP contribution < -0.4 is 15.4 Å². The highest BCUT2D eigenvalue weighted by atomic mass is 35.5. The van der Waals surface area contributed by atoms with Crippen LogP contribution in [0.5, 0.6) is 5.75 Å². The number of halogens is 1. The molecule has 5 nitrogen and oxygen atoms in total. The topological polar surface area (TPSA) is 53.6 Å². The smallest absolute Gasteiger partial charge is 0.253 e. The average Bonchev–Trinajstić information content (AvgIpc) is 2.55. The van der Waals surface area contributed by atoms with E-state index in [2.05, 4.69) is 10.6 Å². The van der Waals surface area contributed by atoms with Gasteiger partial charge in [-0.25, -0.2) is 0 Å². The molecule has 1 heterocycles. The Morgan fingerprint density at radius 2 is 2.04 bits per heavy atom. The maximum Gasteiger partial charge on any atom is 0.253 e. The molecule has 0 aliphatic carbocycles. The van der Waals surface area contributed by atoms with Gasteiger partial charge < -0.3 is 20.3 Å². The highest BCUT2D eigenvalue weighted by Gasteiger charge is 2.33. The number of thiocarbonyl (C=S) groups is 1. The molecule has 2 rings (SSSR count). The molecule has 0 aromatic heterocycles. The second-order valence-corrected chi connectivity index (χ2v) is 6.28. The number of hydrogen-bond donors (Lipinski definition) is 2. The fraction of sp³-hybridized carbons (Fsp3) is 0.412. The van der Waals surface area contributed by atoms with Crippen LogP contribution in [0.1, 0.15) is 32.4 Å². The minimum absolute atomic E-state index is 0.0352. The molecule has 1 atom stereocenters. The Balaban J connectivity index is 2.57. The first-order valence-electron chi connectivity index (χ1n) is 7.83. The number of methoxy groups -OCH3 is 1. The third kappa shape index (κ3) is 3.65. The summed E-state index contributed by atoms with van der Waals surface area (Å²) in [6.45, 7) is 7.04. The van der Waals surface area contributed by atoms with Crippen molar-refractivity contribution in [3.63, 3.8) is 0 Å². The van der Waals surface area contributed by atoms with Crippen molar-refractivity contribution in [3.8, 4) is 5.75 Å². The quantitative estimate of drug-likeness (QED) is 0.783. The molecule has 0 saturated carbocycles. The summed E-state index contributed by atoms with van der Waals surface area (Å²) in [6.07, 6.45) is 0. The summed E-state index contributed by atoms with van der Waals surface area (Å²) < 4.78 is 5.46. The molecule has 0 fully saturated rings. The van der Waals surface area contributed by atoms with Crippen LogP contribution >= 0.6 is 23.8 Å². The minimum atomic E-state index is -0.416. The molecule has 130 valence electrons. The maximum absolute atomic E-state index is 13.0. The standard InChI is InChI=1S/C17H22ClN3O2S/c1-5-21(6-2)16(22)14-10(3)19-17(24)20-15(14)12-9-11(18)7-8-13(12)23-4/h7-9,15H,5-6H2,1-4H3,(H2,19,20,24)/t15-/m1/s1. The van der Waals surface area contributed by atoms with Crippen molar-refractivity contribution in [2.45, 2.75) is 26.8 Å². The number of allylic oxidation sites excluding steroid dienone is 1. The van der Waals surface area contributed by atoms with Crippen LogP contribution in [0.4, 0.5) is 0 Å². The minimum Gasteiger partial charge on any atom is -0.496 e. The summed E-state index contributed by atoms with van der Waals surface area (Å²) >= 11 is 11.4. The molecule has 7 heteroatoms. The first-order chi connectivity index (χ1) is 11.4. The molecule has 1 aliphatic rings. The van der Waals surface area contributed by atoms with Gasteiger partial charge in [-0.1, -0.05) is 11.6 Å². The predicted molar refractivity (Wildman–Crippen MR) is 100 cm³/mol. The lowest BCUT2D eigenvalue weighted by Gasteiger charge is -2.33. The second kappa shape index (κ2) is 7.85. The summed E-state index contributed by atoms with van der Waals surface area (Å²) in [7, 11) is 1.59. The number of nitrogens with zero attached hydrogens (tertiary/aromatic N) is 1. The summed E-state index contributed by atoms with van der Waals surface area (Å²) in [4.78, 5) is 14.8. The van der Waals surface area contributed by atoms with Crippen LogP contribution in [0.25, 0.3) is 0 Å². The van der Waals surface area contributed by atoms with Gasteiger partial charge in [0, 0.05) is 29.4 Å². The molecule has 0 bridgehead atoms. The molecular formula is C17H22ClN3O2S. The zero-order valence-electron chi connectivity index (χ0n) is 14.3. The number of rotatable bonds is 5. The Kier molecular flexibility index (Phi) is 6.07.